The van der Waals surface area contributed by atoms with Gasteiger partial charge in [0.15, 0.2) is 5.15 Å². The van der Waals surface area contributed by atoms with Gasteiger partial charge in [0.2, 0.25) is 5.91 Å². The number of hydrogen-bond acceptors (Lipinski definition) is 5. The molecule has 2 aromatic heterocycles. The van der Waals surface area contributed by atoms with Gasteiger partial charge in [-0.25, -0.2) is 9.67 Å². The third kappa shape index (κ3) is 6.00. The second-order valence-electron chi connectivity index (χ2n) is 10.4. The molecule has 1 aliphatic rings. The van der Waals surface area contributed by atoms with Gasteiger partial charge in [-0.15, -0.1) is 5.10 Å². The summed E-state index contributed by atoms with van der Waals surface area (Å²) in [6.45, 7) is 1.27. The third-order valence-corrected chi connectivity index (χ3v) is 8.16. The second-order valence-corrected chi connectivity index (χ2v) is 11.2. The number of aromatic nitrogens is 5. The lowest BCUT2D eigenvalue weighted by Gasteiger charge is -2.35. The number of hydrogen-bond donors (Lipinski definition) is 0. The van der Waals surface area contributed by atoms with Crippen molar-refractivity contribution in [2.24, 2.45) is 0 Å². The molecule has 0 radical (unpaired) electrons. The molecule has 0 spiro atoms. The normalized spacial score (nSPS) is 14.6. The molecule has 0 aliphatic carbocycles. The molecule has 0 N–H and O–H groups in total. The highest BCUT2D eigenvalue weighted by molar-refractivity contribution is 6.31. The Balaban J connectivity index is 1.31. The van der Waals surface area contributed by atoms with Crippen LogP contribution >= 0.6 is 23.2 Å². The van der Waals surface area contributed by atoms with Gasteiger partial charge in [-0.3, -0.25) is 14.2 Å². The van der Waals surface area contributed by atoms with Crippen LogP contribution in [0.2, 0.25) is 10.2 Å². The van der Waals surface area contributed by atoms with Crippen LogP contribution in [0.5, 0.6) is 0 Å². The van der Waals surface area contributed by atoms with E-state index in [9.17, 15) is 9.59 Å². The molecule has 3 heterocycles. The highest BCUT2D eigenvalue weighted by Gasteiger charge is 2.31. The molecule has 1 aliphatic heterocycles. The van der Waals surface area contributed by atoms with Crippen LogP contribution in [0.3, 0.4) is 0 Å². The van der Waals surface area contributed by atoms with Crippen molar-refractivity contribution >= 4 is 29.1 Å². The minimum absolute atomic E-state index is 0.0808. The van der Waals surface area contributed by atoms with E-state index in [1.165, 1.54) is 27.2 Å². The summed E-state index contributed by atoms with van der Waals surface area (Å²) in [7, 11) is 0. The number of amides is 1. The number of carbonyl (C=O) groups excluding carboxylic acids is 1. The standard InChI is InChI=1S/C32H28Cl2N6O2/c33-25-11-12-28(40-20-30(34)36-37-40)26(18-25)27-19-31(41)39(21-35-27)29(17-22-7-3-1-4-8-22)32(42)38-15-13-24(14-16-38)23-9-5-2-6-10-23/h1-12,18-21,24,29H,13-17H2/t29-/m0/s1. The lowest BCUT2D eigenvalue weighted by atomic mass is 9.89. The Kier molecular flexibility index (Phi) is 8.17. The highest BCUT2D eigenvalue weighted by atomic mass is 35.5. The van der Waals surface area contributed by atoms with E-state index in [0.29, 0.717) is 47.4 Å². The van der Waals surface area contributed by atoms with Crippen LogP contribution in [0.1, 0.15) is 35.9 Å². The zero-order valence-electron chi connectivity index (χ0n) is 22.7. The van der Waals surface area contributed by atoms with Gasteiger partial charge in [0, 0.05) is 36.2 Å². The summed E-state index contributed by atoms with van der Waals surface area (Å²) in [5, 5.41) is 8.60. The van der Waals surface area contributed by atoms with E-state index >= 15 is 0 Å². The highest BCUT2D eigenvalue weighted by Crippen LogP contribution is 2.30. The van der Waals surface area contributed by atoms with Gasteiger partial charge in [0.05, 0.1) is 23.9 Å². The van der Waals surface area contributed by atoms with E-state index in [1.54, 1.807) is 24.4 Å². The van der Waals surface area contributed by atoms with Crippen LogP contribution in [0, 0.1) is 0 Å². The number of piperidine rings is 1. The lowest BCUT2D eigenvalue weighted by Crippen LogP contribution is -2.44. The van der Waals surface area contributed by atoms with Crippen molar-refractivity contribution in [2.45, 2.75) is 31.2 Å². The summed E-state index contributed by atoms with van der Waals surface area (Å²) >= 11 is 12.3. The van der Waals surface area contributed by atoms with Crippen LogP contribution in [0.4, 0.5) is 0 Å². The van der Waals surface area contributed by atoms with Crippen molar-refractivity contribution in [3.63, 3.8) is 0 Å². The van der Waals surface area contributed by atoms with E-state index in [2.05, 4.69) is 39.6 Å². The largest absolute Gasteiger partial charge is 0.341 e. The summed E-state index contributed by atoms with van der Waals surface area (Å²) < 4.78 is 2.95. The van der Waals surface area contributed by atoms with E-state index in [0.717, 1.165) is 18.4 Å². The molecule has 1 amide bonds. The number of halogens is 2. The maximum Gasteiger partial charge on any atom is 0.254 e. The minimum atomic E-state index is -0.734. The molecule has 0 saturated carbocycles. The Bertz CT molecular complexity index is 1750. The van der Waals surface area contributed by atoms with Gasteiger partial charge in [0.25, 0.3) is 5.56 Å². The van der Waals surface area contributed by atoms with Crippen LogP contribution in [-0.2, 0) is 11.2 Å². The zero-order chi connectivity index (χ0) is 29.1. The average molecular weight is 600 g/mol. The first kappa shape index (κ1) is 27.9. The molecule has 3 aromatic carbocycles. The molecule has 5 aromatic rings. The van der Waals surface area contributed by atoms with Gasteiger partial charge < -0.3 is 4.90 Å². The molecule has 6 rings (SSSR count). The number of carbonyl (C=O) groups is 1. The minimum Gasteiger partial charge on any atom is -0.341 e. The molecular weight excluding hydrogens is 571 g/mol. The molecule has 212 valence electrons. The predicted molar refractivity (Wildman–Crippen MR) is 163 cm³/mol. The van der Waals surface area contributed by atoms with E-state index in [1.807, 2.05) is 41.3 Å². The summed E-state index contributed by atoms with van der Waals surface area (Å²) in [4.78, 5) is 34.2. The fraction of sp³-hybridized carbons (Fsp3) is 0.219. The van der Waals surface area contributed by atoms with Gasteiger partial charge in [-0.1, -0.05) is 89.1 Å². The Morgan fingerprint density at radius 3 is 2.31 bits per heavy atom. The summed E-state index contributed by atoms with van der Waals surface area (Å²) in [5.74, 6) is 0.334. The van der Waals surface area contributed by atoms with E-state index < -0.39 is 6.04 Å². The van der Waals surface area contributed by atoms with Crippen LogP contribution < -0.4 is 5.56 Å². The Labute approximate surface area is 253 Å². The molecule has 1 fully saturated rings. The SMILES string of the molecule is O=C([C@H](Cc1ccccc1)n1cnc(-c2cc(Cl)ccc2-n2cc(Cl)nn2)cc1=O)N1CCC(c2ccccc2)CC1. The summed E-state index contributed by atoms with van der Waals surface area (Å²) in [6, 6.07) is 26.0. The Morgan fingerprint density at radius 2 is 1.64 bits per heavy atom. The number of benzene rings is 3. The van der Waals surface area contributed by atoms with Crippen molar-refractivity contribution < 1.29 is 4.79 Å². The van der Waals surface area contributed by atoms with Crippen LogP contribution in [-0.4, -0.2) is 48.4 Å². The number of rotatable bonds is 7. The monoisotopic (exact) mass is 598 g/mol. The maximum atomic E-state index is 14.0. The average Bonchev–Trinajstić information content (AvgIpc) is 3.46. The quantitative estimate of drug-likeness (QED) is 0.230. The molecule has 42 heavy (non-hydrogen) atoms. The molecular formula is C32H28Cl2N6O2. The molecule has 1 saturated heterocycles. The van der Waals surface area contributed by atoms with Gasteiger partial charge in [0.1, 0.15) is 6.04 Å². The smallest absolute Gasteiger partial charge is 0.254 e. The lowest BCUT2D eigenvalue weighted by molar-refractivity contribution is -0.136. The van der Waals surface area contributed by atoms with Crippen molar-refractivity contribution in [2.75, 3.05) is 13.1 Å². The van der Waals surface area contributed by atoms with Crippen molar-refractivity contribution in [3.05, 3.63) is 129 Å². The first-order chi connectivity index (χ1) is 20.5. The van der Waals surface area contributed by atoms with Crippen molar-refractivity contribution in [1.29, 1.82) is 0 Å². The first-order valence-corrected chi connectivity index (χ1v) is 14.6. The fourth-order valence-corrected chi connectivity index (χ4v) is 5.88. The molecule has 1 atom stereocenters. The van der Waals surface area contributed by atoms with Gasteiger partial charge in [-0.2, -0.15) is 0 Å². The zero-order valence-corrected chi connectivity index (χ0v) is 24.2. The topological polar surface area (TPSA) is 85.9 Å². The Morgan fingerprint density at radius 1 is 0.929 bits per heavy atom. The van der Waals surface area contributed by atoms with Crippen molar-refractivity contribution in [1.82, 2.24) is 29.4 Å². The van der Waals surface area contributed by atoms with Crippen molar-refractivity contribution in [3.8, 4) is 16.9 Å². The Hall–Kier alpha value is -4.27. The summed E-state index contributed by atoms with van der Waals surface area (Å²) in [5.41, 5.74) is 3.52. The van der Waals surface area contributed by atoms with Crippen LogP contribution in [0.15, 0.2) is 102 Å². The van der Waals surface area contributed by atoms with Gasteiger partial charge in [-0.05, 0) is 48.1 Å². The van der Waals surface area contributed by atoms with E-state index in [-0.39, 0.29) is 16.6 Å². The molecule has 10 heteroatoms. The molecule has 8 nitrogen and oxygen atoms in total. The maximum absolute atomic E-state index is 14.0. The summed E-state index contributed by atoms with van der Waals surface area (Å²) in [6.07, 6.45) is 5.15. The fourth-order valence-electron chi connectivity index (χ4n) is 5.58. The second kappa shape index (κ2) is 12.3. The van der Waals surface area contributed by atoms with Gasteiger partial charge >= 0.3 is 0 Å². The van der Waals surface area contributed by atoms with E-state index in [4.69, 9.17) is 23.2 Å². The molecule has 0 unspecified atom stereocenters. The van der Waals surface area contributed by atoms with Crippen LogP contribution in [0.25, 0.3) is 16.9 Å². The number of likely N-dealkylation sites (tertiary alicyclic amines) is 1. The number of nitrogens with zero attached hydrogens (tertiary/aromatic N) is 6. The third-order valence-electron chi connectivity index (χ3n) is 7.75. The first-order valence-electron chi connectivity index (χ1n) is 13.8. The predicted octanol–water partition coefficient (Wildman–Crippen LogP) is 5.99. The molecule has 0 bridgehead atoms.